The van der Waals surface area contributed by atoms with Crippen molar-refractivity contribution >= 4 is 15.9 Å². The Morgan fingerprint density at radius 1 is 1.03 bits per heavy atom. The van der Waals surface area contributed by atoms with Gasteiger partial charge in [-0.25, -0.2) is 8.42 Å². The highest BCUT2D eigenvalue weighted by Crippen LogP contribution is 2.24. The molecule has 0 bridgehead atoms. The van der Waals surface area contributed by atoms with Crippen molar-refractivity contribution in [2.45, 2.75) is 44.9 Å². The van der Waals surface area contributed by atoms with Crippen molar-refractivity contribution in [3.8, 4) is 5.75 Å². The standard InChI is InChI=1S/C23H30N2O4S/c1-17-8-7-9-21(19(17)3)29-15-12-24-23(26)20-11-10-18(2)22(16-20)30(27,28)25-13-5-4-6-14-25/h7-11,16H,4-6,12-15H2,1-3H3,(H,24,26). The lowest BCUT2D eigenvalue weighted by Gasteiger charge is -2.26. The molecule has 1 amide bonds. The zero-order valence-electron chi connectivity index (χ0n) is 17.9. The smallest absolute Gasteiger partial charge is 0.251 e. The van der Waals surface area contributed by atoms with Crippen LogP contribution in [-0.2, 0) is 10.0 Å². The molecule has 1 N–H and O–H groups in total. The molecule has 0 spiro atoms. The third-order valence-electron chi connectivity index (χ3n) is 5.58. The van der Waals surface area contributed by atoms with Gasteiger partial charge >= 0.3 is 0 Å². The molecule has 0 saturated carbocycles. The summed E-state index contributed by atoms with van der Waals surface area (Å²) in [6.07, 6.45) is 2.80. The molecule has 1 aliphatic heterocycles. The molecule has 0 aromatic heterocycles. The van der Waals surface area contributed by atoms with Crippen molar-refractivity contribution in [1.29, 1.82) is 0 Å². The van der Waals surface area contributed by atoms with Crippen LogP contribution < -0.4 is 10.1 Å². The van der Waals surface area contributed by atoms with Gasteiger partial charge in [-0.05, 0) is 68.5 Å². The highest BCUT2D eigenvalue weighted by molar-refractivity contribution is 7.89. The molecule has 30 heavy (non-hydrogen) atoms. The number of carbonyl (C=O) groups is 1. The second kappa shape index (κ2) is 9.62. The third kappa shape index (κ3) is 5.02. The van der Waals surface area contributed by atoms with Crippen LogP contribution in [0.5, 0.6) is 5.75 Å². The second-order valence-electron chi connectivity index (χ2n) is 7.75. The summed E-state index contributed by atoms with van der Waals surface area (Å²) < 4.78 is 33.4. The summed E-state index contributed by atoms with van der Waals surface area (Å²) in [5, 5.41) is 2.81. The van der Waals surface area contributed by atoms with Gasteiger partial charge in [0.2, 0.25) is 10.0 Å². The minimum atomic E-state index is -3.59. The molecule has 7 heteroatoms. The van der Waals surface area contributed by atoms with E-state index < -0.39 is 10.0 Å². The molecular formula is C23H30N2O4S. The number of nitrogens with one attached hydrogen (secondary N) is 1. The van der Waals surface area contributed by atoms with Crippen LogP contribution in [0.15, 0.2) is 41.3 Å². The molecule has 3 rings (SSSR count). The molecule has 162 valence electrons. The van der Waals surface area contributed by atoms with Crippen molar-refractivity contribution in [3.63, 3.8) is 0 Å². The maximum Gasteiger partial charge on any atom is 0.251 e. The Bertz CT molecular complexity index is 1010. The summed E-state index contributed by atoms with van der Waals surface area (Å²) in [4.78, 5) is 12.8. The minimum absolute atomic E-state index is 0.212. The van der Waals surface area contributed by atoms with E-state index in [-0.39, 0.29) is 10.8 Å². The first-order valence-corrected chi connectivity index (χ1v) is 11.8. The molecule has 0 radical (unpaired) electrons. The van der Waals surface area contributed by atoms with Gasteiger partial charge in [0.05, 0.1) is 11.4 Å². The zero-order valence-corrected chi connectivity index (χ0v) is 18.7. The number of ether oxygens (including phenoxy) is 1. The highest BCUT2D eigenvalue weighted by Gasteiger charge is 2.28. The maximum atomic E-state index is 13.0. The fourth-order valence-electron chi connectivity index (χ4n) is 3.57. The molecule has 6 nitrogen and oxygen atoms in total. The van der Waals surface area contributed by atoms with Crippen LogP contribution in [0.4, 0.5) is 0 Å². The number of aryl methyl sites for hydroxylation is 2. The average Bonchev–Trinajstić information content (AvgIpc) is 2.74. The fourth-order valence-corrected chi connectivity index (χ4v) is 5.34. The average molecular weight is 431 g/mol. The lowest BCUT2D eigenvalue weighted by Crippen LogP contribution is -2.36. The number of piperidine rings is 1. The van der Waals surface area contributed by atoms with E-state index in [1.807, 2.05) is 32.0 Å². The summed E-state index contributed by atoms with van der Waals surface area (Å²) in [5.41, 5.74) is 3.21. The van der Waals surface area contributed by atoms with Crippen LogP contribution in [0.3, 0.4) is 0 Å². The maximum absolute atomic E-state index is 13.0. The number of hydrogen-bond acceptors (Lipinski definition) is 4. The van der Waals surface area contributed by atoms with Crippen LogP contribution in [0, 0.1) is 20.8 Å². The molecule has 0 unspecified atom stereocenters. The van der Waals surface area contributed by atoms with E-state index in [0.29, 0.717) is 37.4 Å². The summed E-state index contributed by atoms with van der Waals surface area (Å²) in [6.45, 7) is 7.52. The van der Waals surface area contributed by atoms with E-state index in [1.54, 1.807) is 19.1 Å². The highest BCUT2D eigenvalue weighted by atomic mass is 32.2. The van der Waals surface area contributed by atoms with Crippen LogP contribution in [0.2, 0.25) is 0 Å². The van der Waals surface area contributed by atoms with Crippen molar-refractivity contribution < 1.29 is 17.9 Å². The first-order valence-electron chi connectivity index (χ1n) is 10.4. The van der Waals surface area contributed by atoms with Gasteiger partial charge in [0.15, 0.2) is 0 Å². The van der Waals surface area contributed by atoms with Gasteiger partial charge in [-0.1, -0.05) is 24.6 Å². The van der Waals surface area contributed by atoms with Crippen molar-refractivity contribution in [2.75, 3.05) is 26.2 Å². The summed E-state index contributed by atoms with van der Waals surface area (Å²) in [5.74, 6) is 0.490. The Labute approximate surface area is 179 Å². The van der Waals surface area contributed by atoms with Gasteiger partial charge in [0.25, 0.3) is 5.91 Å². The molecule has 1 heterocycles. The lowest BCUT2D eigenvalue weighted by molar-refractivity contribution is 0.0946. The Hall–Kier alpha value is -2.38. The SMILES string of the molecule is Cc1ccc(C(=O)NCCOc2cccc(C)c2C)cc1S(=O)(=O)N1CCCCC1. The molecule has 1 aliphatic rings. The van der Waals surface area contributed by atoms with Gasteiger partial charge < -0.3 is 10.1 Å². The van der Waals surface area contributed by atoms with E-state index in [2.05, 4.69) is 5.32 Å². The monoisotopic (exact) mass is 430 g/mol. The first-order chi connectivity index (χ1) is 14.3. The minimum Gasteiger partial charge on any atom is -0.491 e. The number of rotatable bonds is 7. The molecule has 0 aliphatic carbocycles. The Morgan fingerprint density at radius 2 is 1.77 bits per heavy atom. The van der Waals surface area contributed by atoms with Gasteiger partial charge in [-0.3, -0.25) is 4.79 Å². The molecular weight excluding hydrogens is 400 g/mol. The van der Waals surface area contributed by atoms with Crippen LogP contribution in [0.1, 0.15) is 46.3 Å². The number of sulfonamides is 1. The first kappa shape index (κ1) is 22.3. The molecule has 2 aromatic rings. The van der Waals surface area contributed by atoms with Crippen molar-refractivity contribution in [2.24, 2.45) is 0 Å². The molecule has 1 saturated heterocycles. The van der Waals surface area contributed by atoms with Gasteiger partial charge in [0, 0.05) is 18.7 Å². The zero-order chi connectivity index (χ0) is 21.7. The lowest BCUT2D eigenvalue weighted by atomic mass is 10.1. The number of amides is 1. The normalized spacial score (nSPS) is 15.0. The van der Waals surface area contributed by atoms with E-state index in [0.717, 1.165) is 36.1 Å². The van der Waals surface area contributed by atoms with Crippen molar-refractivity contribution in [3.05, 3.63) is 58.7 Å². The molecule has 2 aromatic carbocycles. The van der Waals surface area contributed by atoms with Crippen LogP contribution in [0.25, 0.3) is 0 Å². The number of carbonyl (C=O) groups excluding carboxylic acids is 1. The quantitative estimate of drug-likeness (QED) is 0.681. The predicted molar refractivity (Wildman–Crippen MR) is 118 cm³/mol. The van der Waals surface area contributed by atoms with E-state index >= 15 is 0 Å². The Kier molecular flexibility index (Phi) is 7.15. The van der Waals surface area contributed by atoms with Crippen LogP contribution >= 0.6 is 0 Å². The van der Waals surface area contributed by atoms with Crippen molar-refractivity contribution in [1.82, 2.24) is 9.62 Å². The summed E-state index contributed by atoms with van der Waals surface area (Å²) in [6, 6.07) is 10.7. The number of hydrogen-bond donors (Lipinski definition) is 1. The number of nitrogens with zero attached hydrogens (tertiary/aromatic N) is 1. The van der Waals surface area contributed by atoms with E-state index in [4.69, 9.17) is 4.74 Å². The van der Waals surface area contributed by atoms with Gasteiger partial charge in [-0.15, -0.1) is 0 Å². The topological polar surface area (TPSA) is 75.7 Å². The summed E-state index contributed by atoms with van der Waals surface area (Å²) in [7, 11) is -3.59. The second-order valence-corrected chi connectivity index (χ2v) is 9.65. The van der Waals surface area contributed by atoms with Gasteiger partial charge in [-0.2, -0.15) is 4.31 Å². The summed E-state index contributed by atoms with van der Waals surface area (Å²) >= 11 is 0. The van der Waals surface area contributed by atoms with Gasteiger partial charge in [0.1, 0.15) is 12.4 Å². The largest absolute Gasteiger partial charge is 0.491 e. The molecule has 1 fully saturated rings. The number of benzene rings is 2. The Balaban J connectivity index is 1.63. The van der Waals surface area contributed by atoms with Crippen LogP contribution in [-0.4, -0.2) is 44.9 Å². The Morgan fingerprint density at radius 3 is 2.50 bits per heavy atom. The predicted octanol–water partition coefficient (Wildman–Crippen LogP) is 3.60. The third-order valence-corrected chi connectivity index (χ3v) is 7.62. The fraction of sp³-hybridized carbons (Fsp3) is 0.435. The molecule has 0 atom stereocenters. The van der Waals surface area contributed by atoms with E-state index in [1.165, 1.54) is 10.4 Å². The van der Waals surface area contributed by atoms with E-state index in [9.17, 15) is 13.2 Å².